The van der Waals surface area contributed by atoms with Crippen molar-refractivity contribution in [1.82, 2.24) is 34.9 Å². The molecule has 1 amide bonds. The lowest BCUT2D eigenvalue weighted by atomic mass is 9.85. The van der Waals surface area contributed by atoms with Crippen LogP contribution in [0.15, 0.2) is 141 Å². The van der Waals surface area contributed by atoms with Gasteiger partial charge in [0.15, 0.2) is 11.1 Å². The molecule has 0 radical (unpaired) electrons. The van der Waals surface area contributed by atoms with E-state index in [9.17, 15) is 45.9 Å². The van der Waals surface area contributed by atoms with E-state index in [4.69, 9.17) is 38.1 Å². The summed E-state index contributed by atoms with van der Waals surface area (Å²) in [6, 6.07) is 23.5. The van der Waals surface area contributed by atoms with Gasteiger partial charge in [-0.1, -0.05) is 57.2 Å². The van der Waals surface area contributed by atoms with Crippen molar-refractivity contribution in [3.05, 3.63) is 160 Å². The summed E-state index contributed by atoms with van der Waals surface area (Å²) in [6.07, 6.45) is 2.03. The van der Waals surface area contributed by atoms with E-state index < -0.39 is 85.5 Å². The van der Waals surface area contributed by atoms with Gasteiger partial charge in [0.2, 0.25) is 21.5 Å². The van der Waals surface area contributed by atoms with Crippen LogP contribution in [-0.2, 0) is 73.9 Å². The van der Waals surface area contributed by atoms with Gasteiger partial charge in [-0.3, -0.25) is 19.1 Å². The fourth-order valence-corrected chi connectivity index (χ4v) is 12.1. The highest BCUT2D eigenvalue weighted by atomic mass is 32.2. The number of anilines is 2. The molecule has 7 aromatic rings. The number of ether oxygens (including phenoxy) is 2. The number of cyclic esters (lactones) is 1. The quantitative estimate of drug-likeness (QED) is 0.0222. The second-order valence-corrected chi connectivity index (χ2v) is 23.2. The summed E-state index contributed by atoms with van der Waals surface area (Å²) in [4.78, 5) is 84.2. The van der Waals surface area contributed by atoms with Crippen LogP contribution >= 0.6 is 12.2 Å². The lowest BCUT2D eigenvalue weighted by Crippen LogP contribution is -2.56. The Bertz CT molecular complexity index is 3960. The lowest BCUT2D eigenvalue weighted by molar-refractivity contribution is -0.191. The van der Waals surface area contributed by atoms with E-state index in [0.29, 0.717) is 22.6 Å². The number of imidazole rings is 1. The van der Waals surface area contributed by atoms with Gasteiger partial charge in [-0.25, -0.2) is 46.1 Å². The molecule has 24 nitrogen and oxygen atoms in total. The normalized spacial score (nSPS) is 15.7. The van der Waals surface area contributed by atoms with E-state index in [1.54, 1.807) is 31.4 Å². The van der Waals surface area contributed by atoms with Crippen LogP contribution in [-0.4, -0.2) is 88.4 Å². The SMILES string of the molecule is CC[C@@]1(OC(=O)[C@@H](NC(=O)[C@H](Cc2cnc[nH]2)NC(=S)Nc2ccc(S(=O)(=O)NC(CC(=O)O)c3cccc(NS(=O)(=O)c4cccc(N=C(N)N)c4)c3)cc2)C(C)C)C(=O)OCc2c1cc1n(c2=O)Cc2cc3ccccc3nc2-1. The molecule has 2 aliphatic heterocycles. The molecule has 81 heavy (non-hydrogen) atoms. The number of esters is 2. The minimum Gasteiger partial charge on any atom is -0.481 e. The number of guanidine groups is 1. The molecule has 1 unspecified atom stereocenters. The number of nitrogens with one attached hydrogen (secondary N) is 6. The lowest BCUT2D eigenvalue weighted by Gasteiger charge is -2.37. The maximum Gasteiger partial charge on any atom is 0.355 e. The molecule has 0 saturated heterocycles. The monoisotopic (exact) mass is 1160 g/mol. The number of sulfonamides is 2. The number of amides is 1. The Morgan fingerprint density at radius 2 is 1.67 bits per heavy atom. The van der Waals surface area contributed by atoms with Crippen molar-refractivity contribution in [3.8, 4) is 11.4 Å². The fraction of sp³-hybridized carbons (Fsp3) is 0.241. The number of carbonyl (C=O) groups excluding carboxylic acids is 3. The highest BCUT2D eigenvalue weighted by Crippen LogP contribution is 2.41. The number of aliphatic imine (C=N–C) groups is 1. The van der Waals surface area contributed by atoms with Crippen LogP contribution in [0, 0.1) is 5.92 Å². The van der Waals surface area contributed by atoms with Crippen molar-refractivity contribution in [2.24, 2.45) is 22.4 Å². The topological polar surface area (TPSA) is 363 Å². The van der Waals surface area contributed by atoms with Crippen LogP contribution < -0.4 is 42.4 Å². The van der Waals surface area contributed by atoms with Crippen LogP contribution in [0.3, 0.4) is 0 Å². The zero-order chi connectivity index (χ0) is 58.0. The van der Waals surface area contributed by atoms with Crippen molar-refractivity contribution >= 4 is 95.1 Å². The first-order chi connectivity index (χ1) is 38.5. The number of carboxylic acids is 1. The average molecular weight is 1160 g/mol. The average Bonchev–Trinajstić information content (AvgIpc) is 3.22. The molecule has 0 spiro atoms. The van der Waals surface area contributed by atoms with Crippen LogP contribution in [0.25, 0.3) is 22.3 Å². The molecular weight excluding hydrogens is 1100 g/mol. The Morgan fingerprint density at radius 3 is 2.37 bits per heavy atom. The first-order valence-electron chi connectivity index (χ1n) is 25.1. The summed E-state index contributed by atoms with van der Waals surface area (Å²) in [6.45, 7) is 4.86. The third-order valence-corrected chi connectivity index (χ3v) is 16.6. The number of hydrogen-bond donors (Lipinski definition) is 9. The number of hydrogen-bond acceptors (Lipinski definition) is 15. The second kappa shape index (κ2) is 23.0. The molecule has 11 N–H and O–H groups in total. The number of thiocarbonyl (C=S) groups is 1. The van der Waals surface area contributed by atoms with Crippen LogP contribution in [0.2, 0.25) is 0 Å². The van der Waals surface area contributed by atoms with Gasteiger partial charge in [0.1, 0.15) is 18.7 Å². The van der Waals surface area contributed by atoms with Gasteiger partial charge in [-0.15, -0.1) is 0 Å². The van der Waals surface area contributed by atoms with Gasteiger partial charge in [-0.2, -0.15) is 0 Å². The zero-order valence-corrected chi connectivity index (χ0v) is 45.9. The maximum absolute atomic E-state index is 14.5. The largest absolute Gasteiger partial charge is 0.481 e. The number of carboxylic acid groups (broad SMARTS) is 1. The van der Waals surface area contributed by atoms with Crippen LogP contribution in [0.1, 0.15) is 67.6 Å². The Morgan fingerprint density at radius 1 is 0.914 bits per heavy atom. The minimum absolute atomic E-state index is 0.00195. The second-order valence-electron chi connectivity index (χ2n) is 19.4. The number of nitrogens with two attached hydrogens (primary N) is 2. The molecule has 4 aromatic carbocycles. The van der Waals surface area contributed by atoms with Gasteiger partial charge in [-0.05, 0) is 103 Å². The van der Waals surface area contributed by atoms with Crippen molar-refractivity contribution in [2.45, 2.75) is 86.7 Å². The third kappa shape index (κ3) is 12.2. The Hall–Kier alpha value is -9.05. The van der Waals surface area contributed by atoms with Crippen LogP contribution in [0.5, 0.6) is 0 Å². The number of rotatable bonds is 20. The Labute approximate surface area is 468 Å². The summed E-state index contributed by atoms with van der Waals surface area (Å²) in [5.41, 5.74) is 12.3. The smallest absolute Gasteiger partial charge is 0.355 e. The van der Waals surface area contributed by atoms with Crippen molar-refractivity contribution < 1.29 is 50.6 Å². The molecule has 4 atom stereocenters. The number of aromatic nitrogens is 4. The summed E-state index contributed by atoms with van der Waals surface area (Å²) in [7, 11) is -8.68. The van der Waals surface area contributed by atoms with E-state index >= 15 is 0 Å². The highest BCUT2D eigenvalue weighted by Gasteiger charge is 2.51. The molecule has 0 bridgehead atoms. The number of nitrogens with zero attached hydrogens (tertiary/aromatic N) is 4. The van der Waals surface area contributed by atoms with E-state index in [1.165, 1.54) is 85.3 Å². The first kappa shape index (κ1) is 56.7. The molecule has 9 rings (SSSR count). The predicted octanol–water partition coefficient (Wildman–Crippen LogP) is 4.29. The van der Waals surface area contributed by atoms with Crippen molar-refractivity contribution in [3.63, 3.8) is 0 Å². The minimum atomic E-state index is -4.45. The standard InChI is InChI=1S/C54H54N12O12S3/c1-4-54(40-23-44-47-32(19-30-9-5-6-14-41(30)61-47)26-66(44)49(70)39(40)27-77-51(54)72)78-50(71)46(29(2)3)63-48(69)43(22-36-25-57-28-58-36)62-53(79)60-33-15-17-37(18-16-33)80(73,74)65-42(24-45(67)68)31-10-7-12-35(20-31)64-81(75,76)38-13-8-11-34(21-38)59-52(55)56/h5-21,23,25,28-29,42-43,46,64-65H,4,22,24,26-27H2,1-3H3,(H,57,58)(H,63,69)(H,67,68)(H4,55,56,59)(H2,60,62,79)/t42?,43-,46-,54-/m0/s1. The third-order valence-electron chi connectivity index (χ3n) is 13.5. The number of aromatic amines is 1. The summed E-state index contributed by atoms with van der Waals surface area (Å²) in [5.74, 6) is -4.82. The number of fused-ring (bicyclic) bond motifs is 5. The number of para-hydroxylation sites is 1. The number of H-pyrrole nitrogens is 1. The van der Waals surface area contributed by atoms with E-state index in [2.05, 4.69) is 40.4 Å². The number of aliphatic carboxylic acids is 1. The molecule has 2 aliphatic rings. The van der Waals surface area contributed by atoms with E-state index in [-0.39, 0.29) is 80.6 Å². The molecule has 0 aliphatic carbocycles. The highest BCUT2D eigenvalue weighted by molar-refractivity contribution is 7.92. The summed E-state index contributed by atoms with van der Waals surface area (Å²) >= 11 is 5.63. The van der Waals surface area contributed by atoms with E-state index in [0.717, 1.165) is 10.9 Å². The predicted molar refractivity (Wildman–Crippen MR) is 302 cm³/mol. The van der Waals surface area contributed by atoms with Crippen LogP contribution in [0.4, 0.5) is 17.1 Å². The fourth-order valence-electron chi connectivity index (χ4n) is 9.50. The maximum atomic E-state index is 14.5. The van der Waals surface area contributed by atoms with Gasteiger partial charge in [0.25, 0.3) is 15.6 Å². The molecule has 3 aromatic heterocycles. The number of carbonyl (C=O) groups is 4. The number of benzene rings is 4. The molecular formula is C54H54N12O12S3. The summed E-state index contributed by atoms with van der Waals surface area (Å²) in [5, 5.41) is 19.2. The Kier molecular flexibility index (Phi) is 16.1. The summed E-state index contributed by atoms with van der Waals surface area (Å²) < 4.78 is 72.4. The number of pyridine rings is 2. The van der Waals surface area contributed by atoms with Crippen molar-refractivity contribution in [2.75, 3.05) is 10.0 Å². The first-order valence-corrected chi connectivity index (χ1v) is 28.5. The van der Waals surface area contributed by atoms with Gasteiger partial charge < -0.3 is 51.5 Å². The van der Waals surface area contributed by atoms with Gasteiger partial charge >= 0.3 is 17.9 Å². The Balaban J connectivity index is 0.885. The van der Waals surface area contributed by atoms with E-state index in [1.807, 2.05) is 30.3 Å². The molecule has 0 fully saturated rings. The van der Waals surface area contributed by atoms with Gasteiger partial charge in [0.05, 0.1) is 63.3 Å². The molecule has 420 valence electrons. The van der Waals surface area contributed by atoms with Crippen molar-refractivity contribution in [1.29, 1.82) is 0 Å². The molecule has 27 heteroatoms. The zero-order valence-electron chi connectivity index (χ0n) is 43.5. The van der Waals surface area contributed by atoms with Gasteiger partial charge in [0, 0.05) is 46.2 Å². The molecule has 5 heterocycles. The molecule has 0 saturated carbocycles.